The molecule has 0 saturated carbocycles. The molecule has 0 spiro atoms. The van der Waals surface area contributed by atoms with E-state index in [0.717, 1.165) is 19.3 Å². The summed E-state index contributed by atoms with van der Waals surface area (Å²) in [6.07, 6.45) is 2.90. The number of sulfone groups is 1. The third kappa shape index (κ3) is 4.85. The number of halogens is 2. The van der Waals surface area contributed by atoms with Crippen molar-refractivity contribution in [1.29, 1.82) is 0 Å². The fraction of sp³-hybridized carbons (Fsp3) is 0.562. The first kappa shape index (κ1) is 18.6. The van der Waals surface area contributed by atoms with Gasteiger partial charge in [0, 0.05) is 22.1 Å². The minimum atomic E-state index is -3.58. The number of piperidine rings is 1. The van der Waals surface area contributed by atoms with Crippen LogP contribution in [0.4, 0.5) is 0 Å². The topological polar surface area (TPSA) is 54.5 Å². The van der Waals surface area contributed by atoms with E-state index >= 15 is 0 Å². The van der Waals surface area contributed by atoms with Crippen LogP contribution >= 0.6 is 23.2 Å². The van der Waals surface area contributed by atoms with Gasteiger partial charge in [-0.2, -0.15) is 0 Å². The van der Waals surface area contributed by atoms with Crippen molar-refractivity contribution in [2.24, 2.45) is 0 Å². The van der Waals surface area contributed by atoms with Crippen LogP contribution in [-0.4, -0.2) is 37.1 Å². The first-order valence-corrected chi connectivity index (χ1v) is 10.2. The van der Waals surface area contributed by atoms with Gasteiger partial charge in [-0.05, 0) is 50.8 Å². The summed E-state index contributed by atoms with van der Waals surface area (Å²) >= 11 is 11.8. The molecule has 1 aromatic rings. The van der Waals surface area contributed by atoms with E-state index in [0.29, 0.717) is 15.6 Å². The average molecular weight is 378 g/mol. The lowest BCUT2D eigenvalue weighted by Crippen LogP contribution is -2.49. The van der Waals surface area contributed by atoms with Crippen molar-refractivity contribution < 1.29 is 13.2 Å². The van der Waals surface area contributed by atoms with Gasteiger partial charge in [0.25, 0.3) is 0 Å². The van der Waals surface area contributed by atoms with Gasteiger partial charge >= 0.3 is 0 Å². The lowest BCUT2D eigenvalue weighted by Gasteiger charge is -2.39. The van der Waals surface area contributed by atoms with E-state index in [1.54, 1.807) is 17.0 Å². The number of rotatable bonds is 4. The van der Waals surface area contributed by atoms with Crippen molar-refractivity contribution in [2.75, 3.05) is 5.75 Å². The molecular weight excluding hydrogens is 357 g/mol. The second kappa shape index (κ2) is 7.41. The second-order valence-corrected chi connectivity index (χ2v) is 9.11. The van der Waals surface area contributed by atoms with Crippen molar-refractivity contribution in [3.8, 4) is 0 Å². The van der Waals surface area contributed by atoms with Gasteiger partial charge in [0.2, 0.25) is 5.91 Å². The molecular formula is C16H21Cl2NO3S. The molecule has 0 aromatic heterocycles. The number of hydrogen-bond acceptors (Lipinski definition) is 3. The Morgan fingerprint density at radius 1 is 1.22 bits per heavy atom. The van der Waals surface area contributed by atoms with Crippen LogP contribution < -0.4 is 0 Å². The Hall–Kier alpha value is -0.780. The lowest BCUT2D eigenvalue weighted by molar-refractivity contribution is -0.134. The Kier molecular flexibility index (Phi) is 5.98. The molecule has 1 amide bonds. The number of amides is 1. The zero-order valence-corrected chi connectivity index (χ0v) is 15.6. The SMILES string of the molecule is C[C@H]1CCC[C@H](C)N1C(=O)CS(=O)(=O)Cc1ccc(Cl)cc1Cl. The standard InChI is InChI=1S/C16H21Cl2NO3S/c1-11-4-3-5-12(2)19(11)16(20)10-23(21,22)9-13-6-7-14(17)8-15(13)18/h6-8,11-12H,3-5,9-10H2,1-2H3/t11-,12-/m0/s1. The highest BCUT2D eigenvalue weighted by Gasteiger charge is 2.31. The zero-order valence-electron chi connectivity index (χ0n) is 13.3. The van der Waals surface area contributed by atoms with E-state index < -0.39 is 15.6 Å². The van der Waals surface area contributed by atoms with Gasteiger partial charge in [-0.25, -0.2) is 8.42 Å². The van der Waals surface area contributed by atoms with Gasteiger partial charge in [-0.1, -0.05) is 29.3 Å². The van der Waals surface area contributed by atoms with Crippen molar-refractivity contribution in [3.63, 3.8) is 0 Å². The largest absolute Gasteiger partial charge is 0.336 e. The Bertz CT molecular complexity index is 681. The summed E-state index contributed by atoms with van der Waals surface area (Å²) in [5.41, 5.74) is 0.462. The number of likely N-dealkylation sites (tertiary alicyclic amines) is 1. The number of carbonyl (C=O) groups is 1. The van der Waals surface area contributed by atoms with Crippen molar-refractivity contribution in [1.82, 2.24) is 4.90 Å². The molecule has 0 bridgehead atoms. The van der Waals surface area contributed by atoms with Gasteiger partial charge in [0.1, 0.15) is 5.75 Å². The van der Waals surface area contributed by atoms with Crippen LogP contribution in [0.5, 0.6) is 0 Å². The van der Waals surface area contributed by atoms with Crippen molar-refractivity contribution >= 4 is 38.9 Å². The fourth-order valence-electron chi connectivity index (χ4n) is 3.10. The van der Waals surface area contributed by atoms with Gasteiger partial charge in [0.05, 0.1) is 5.75 Å². The number of carbonyl (C=O) groups excluding carboxylic acids is 1. The maximum Gasteiger partial charge on any atom is 0.238 e. The lowest BCUT2D eigenvalue weighted by atomic mass is 9.98. The minimum absolute atomic E-state index is 0.0839. The predicted octanol–water partition coefficient (Wildman–Crippen LogP) is 3.70. The van der Waals surface area contributed by atoms with Gasteiger partial charge < -0.3 is 4.90 Å². The molecule has 0 radical (unpaired) electrons. The molecule has 4 nitrogen and oxygen atoms in total. The highest BCUT2D eigenvalue weighted by Crippen LogP contribution is 2.25. The summed E-state index contributed by atoms with van der Waals surface area (Å²) < 4.78 is 24.7. The van der Waals surface area contributed by atoms with E-state index in [1.165, 1.54) is 6.07 Å². The number of benzene rings is 1. The van der Waals surface area contributed by atoms with Crippen LogP contribution in [0.2, 0.25) is 10.0 Å². The maximum absolute atomic E-state index is 12.5. The Morgan fingerprint density at radius 2 is 1.83 bits per heavy atom. The van der Waals surface area contributed by atoms with Crippen LogP contribution in [0.3, 0.4) is 0 Å². The molecule has 2 atom stereocenters. The molecule has 1 saturated heterocycles. The van der Waals surface area contributed by atoms with Crippen molar-refractivity contribution in [3.05, 3.63) is 33.8 Å². The fourth-order valence-corrected chi connectivity index (χ4v) is 5.01. The smallest absolute Gasteiger partial charge is 0.238 e. The predicted molar refractivity (Wildman–Crippen MR) is 93.6 cm³/mol. The van der Waals surface area contributed by atoms with E-state index in [2.05, 4.69) is 0 Å². The molecule has 128 valence electrons. The molecule has 0 unspecified atom stereocenters. The molecule has 0 aliphatic carbocycles. The second-order valence-electron chi connectivity index (χ2n) is 6.20. The molecule has 7 heteroatoms. The van der Waals surface area contributed by atoms with Gasteiger partial charge in [-0.15, -0.1) is 0 Å². The highest BCUT2D eigenvalue weighted by molar-refractivity contribution is 7.91. The summed E-state index contributed by atoms with van der Waals surface area (Å²) in [4.78, 5) is 14.2. The molecule has 23 heavy (non-hydrogen) atoms. The number of hydrogen-bond donors (Lipinski definition) is 0. The first-order valence-electron chi connectivity index (χ1n) is 7.65. The monoisotopic (exact) mass is 377 g/mol. The molecule has 1 aromatic carbocycles. The van der Waals surface area contributed by atoms with Crippen LogP contribution in [-0.2, 0) is 20.4 Å². The van der Waals surface area contributed by atoms with Crippen LogP contribution in [0.25, 0.3) is 0 Å². The average Bonchev–Trinajstić information content (AvgIpc) is 2.41. The Balaban J connectivity index is 2.09. The summed E-state index contributed by atoms with van der Waals surface area (Å²) in [7, 11) is -3.58. The van der Waals surface area contributed by atoms with Crippen LogP contribution in [0.1, 0.15) is 38.7 Å². The molecule has 0 N–H and O–H groups in total. The molecule has 2 rings (SSSR count). The van der Waals surface area contributed by atoms with E-state index in [9.17, 15) is 13.2 Å². The third-order valence-corrected chi connectivity index (χ3v) is 6.24. The number of nitrogens with zero attached hydrogens (tertiary/aromatic N) is 1. The zero-order chi connectivity index (χ0) is 17.2. The summed E-state index contributed by atoms with van der Waals surface area (Å²) in [6.45, 7) is 3.94. The maximum atomic E-state index is 12.5. The van der Waals surface area contributed by atoms with Gasteiger partial charge in [0.15, 0.2) is 9.84 Å². The van der Waals surface area contributed by atoms with Crippen molar-refractivity contribution in [2.45, 2.75) is 50.9 Å². The molecule has 1 fully saturated rings. The molecule has 1 aliphatic rings. The van der Waals surface area contributed by atoms with Gasteiger partial charge in [-0.3, -0.25) is 4.79 Å². The quantitative estimate of drug-likeness (QED) is 0.803. The summed E-state index contributed by atoms with van der Waals surface area (Å²) in [5, 5.41) is 0.747. The Labute approximate surface area is 147 Å². The first-order chi connectivity index (χ1) is 10.7. The minimum Gasteiger partial charge on any atom is -0.336 e. The van der Waals surface area contributed by atoms with Crippen LogP contribution in [0, 0.1) is 0 Å². The molecule has 1 aliphatic heterocycles. The highest BCUT2D eigenvalue weighted by atomic mass is 35.5. The van der Waals surface area contributed by atoms with Crippen LogP contribution in [0.15, 0.2) is 18.2 Å². The summed E-state index contributed by atoms with van der Waals surface area (Å²) in [5.74, 6) is -1.07. The van der Waals surface area contributed by atoms with E-state index in [4.69, 9.17) is 23.2 Å². The van der Waals surface area contributed by atoms with E-state index in [1.807, 2.05) is 13.8 Å². The molecule has 1 heterocycles. The summed E-state index contributed by atoms with van der Waals surface area (Å²) in [6, 6.07) is 4.85. The Morgan fingerprint density at radius 3 is 2.39 bits per heavy atom. The van der Waals surface area contributed by atoms with E-state index in [-0.39, 0.29) is 23.7 Å². The normalized spacial score (nSPS) is 22.2. The third-order valence-electron chi connectivity index (χ3n) is 4.22.